The first-order valence-electron chi connectivity index (χ1n) is 10.3. The Balaban J connectivity index is 1.70. The van der Waals surface area contributed by atoms with Crippen LogP contribution in [-0.4, -0.2) is 43.6 Å². The van der Waals surface area contributed by atoms with Crippen LogP contribution < -0.4 is 9.64 Å². The second-order valence-corrected chi connectivity index (χ2v) is 7.53. The average molecular weight is 429 g/mol. The third-order valence-corrected chi connectivity index (χ3v) is 5.41. The van der Waals surface area contributed by atoms with Gasteiger partial charge < -0.3 is 18.9 Å². The van der Waals surface area contributed by atoms with E-state index in [9.17, 15) is 8.78 Å². The Hall–Kier alpha value is -3.00. The number of benzene rings is 2. The number of ether oxygens (including phenoxy) is 2. The van der Waals surface area contributed by atoms with Gasteiger partial charge in [-0.2, -0.15) is 4.98 Å². The van der Waals surface area contributed by atoms with Crippen molar-refractivity contribution in [3.63, 3.8) is 0 Å². The normalized spacial score (nSPS) is 14.7. The van der Waals surface area contributed by atoms with Gasteiger partial charge in [-0.3, -0.25) is 0 Å². The first-order valence-corrected chi connectivity index (χ1v) is 10.3. The molecule has 0 N–H and O–H groups in total. The van der Waals surface area contributed by atoms with Gasteiger partial charge in [-0.15, -0.1) is 0 Å². The summed E-state index contributed by atoms with van der Waals surface area (Å²) < 4.78 is 45.2. The van der Waals surface area contributed by atoms with Crippen molar-refractivity contribution in [1.82, 2.24) is 10.1 Å². The molecular formula is C23H25F2N3O3. The Bertz CT molecular complexity index is 1060. The summed E-state index contributed by atoms with van der Waals surface area (Å²) in [5.74, 6) is -1.87. The van der Waals surface area contributed by atoms with Crippen LogP contribution in [0.15, 0.2) is 40.9 Å². The van der Waals surface area contributed by atoms with Crippen LogP contribution in [-0.2, 0) is 17.1 Å². The summed E-state index contributed by atoms with van der Waals surface area (Å²) >= 11 is 0. The molecule has 0 radical (unpaired) electrons. The number of alkyl halides is 2. The summed E-state index contributed by atoms with van der Waals surface area (Å²) in [6.45, 7) is 5.14. The fourth-order valence-electron chi connectivity index (χ4n) is 3.69. The zero-order valence-electron chi connectivity index (χ0n) is 17.8. The maximum absolute atomic E-state index is 14.5. The minimum Gasteiger partial charge on any atom is -0.496 e. The van der Waals surface area contributed by atoms with E-state index in [0.717, 1.165) is 18.9 Å². The number of nitrogens with zero attached hydrogens (tertiary/aromatic N) is 3. The lowest BCUT2D eigenvalue weighted by molar-refractivity contribution is 0.0176. The van der Waals surface area contributed by atoms with E-state index < -0.39 is 5.92 Å². The number of aryl methyl sites for hydroxylation is 1. The van der Waals surface area contributed by atoms with E-state index in [-0.39, 0.29) is 17.3 Å². The average Bonchev–Trinajstić information content (AvgIpc) is 3.28. The highest BCUT2D eigenvalue weighted by Gasteiger charge is 2.31. The number of hydrogen-bond acceptors (Lipinski definition) is 6. The van der Waals surface area contributed by atoms with Gasteiger partial charge in [0.2, 0.25) is 5.82 Å². The number of hydrogen-bond donors (Lipinski definition) is 0. The minimum absolute atomic E-state index is 0.0665. The largest absolute Gasteiger partial charge is 0.496 e. The van der Waals surface area contributed by atoms with Gasteiger partial charge in [0.05, 0.1) is 25.9 Å². The van der Waals surface area contributed by atoms with Crippen LogP contribution in [0.4, 0.5) is 14.5 Å². The Kier molecular flexibility index (Phi) is 5.91. The number of methoxy groups -OCH3 is 1. The molecule has 0 unspecified atom stereocenters. The zero-order chi connectivity index (χ0) is 22.0. The Labute approximate surface area is 179 Å². The Morgan fingerprint density at radius 2 is 1.90 bits per heavy atom. The molecule has 0 atom stereocenters. The lowest BCUT2D eigenvalue weighted by Crippen LogP contribution is -2.37. The zero-order valence-corrected chi connectivity index (χ0v) is 17.8. The van der Waals surface area contributed by atoms with Crippen molar-refractivity contribution >= 4 is 5.69 Å². The van der Waals surface area contributed by atoms with Gasteiger partial charge >= 0.3 is 0 Å². The van der Waals surface area contributed by atoms with Crippen LogP contribution in [0.5, 0.6) is 5.75 Å². The SMILES string of the molecule is CCc1ccc(-c2nc(-c3ccc(N4CCOCC4)c(C(C)(F)F)c3)no2)c(OC)c1. The minimum atomic E-state index is -3.02. The van der Waals surface area contributed by atoms with Gasteiger partial charge in [-0.05, 0) is 42.3 Å². The summed E-state index contributed by atoms with van der Waals surface area (Å²) in [6, 6.07) is 10.6. The summed E-state index contributed by atoms with van der Waals surface area (Å²) in [6.07, 6.45) is 0.870. The molecule has 1 aliphatic heterocycles. The third kappa shape index (κ3) is 4.39. The third-order valence-electron chi connectivity index (χ3n) is 5.41. The molecule has 2 heterocycles. The molecule has 2 aromatic carbocycles. The van der Waals surface area contributed by atoms with Crippen LogP contribution in [0.3, 0.4) is 0 Å². The molecule has 1 fully saturated rings. The standard InChI is InChI=1S/C23H25F2N3O3/c1-4-15-5-7-17(20(13-15)29-3)22-26-21(27-31-22)16-6-8-19(18(14-16)23(2,24)25)28-9-11-30-12-10-28/h5-8,13-14H,4,9-12H2,1-3H3. The molecule has 1 aliphatic rings. The molecular weight excluding hydrogens is 404 g/mol. The van der Waals surface area contributed by atoms with Crippen molar-refractivity contribution in [2.24, 2.45) is 0 Å². The van der Waals surface area contributed by atoms with Crippen molar-refractivity contribution in [3.8, 4) is 28.6 Å². The van der Waals surface area contributed by atoms with Crippen LogP contribution in [0.25, 0.3) is 22.8 Å². The number of aromatic nitrogens is 2. The maximum atomic E-state index is 14.5. The molecule has 0 amide bonds. The van der Waals surface area contributed by atoms with E-state index in [4.69, 9.17) is 14.0 Å². The van der Waals surface area contributed by atoms with Gasteiger partial charge in [0.1, 0.15) is 5.75 Å². The van der Waals surface area contributed by atoms with Gasteiger partial charge in [-0.1, -0.05) is 18.1 Å². The Morgan fingerprint density at radius 1 is 1.13 bits per heavy atom. The molecule has 0 aliphatic carbocycles. The number of morpholine rings is 1. The maximum Gasteiger partial charge on any atom is 0.272 e. The van der Waals surface area contributed by atoms with Gasteiger partial charge in [0, 0.05) is 36.8 Å². The molecule has 3 aromatic rings. The highest BCUT2D eigenvalue weighted by molar-refractivity contribution is 5.69. The molecule has 164 valence electrons. The van der Waals surface area contributed by atoms with Crippen LogP contribution in [0, 0.1) is 0 Å². The molecule has 0 saturated carbocycles. The van der Waals surface area contributed by atoms with Crippen LogP contribution >= 0.6 is 0 Å². The fraction of sp³-hybridized carbons (Fsp3) is 0.391. The van der Waals surface area contributed by atoms with E-state index in [2.05, 4.69) is 17.1 Å². The van der Waals surface area contributed by atoms with Crippen LogP contribution in [0.1, 0.15) is 25.0 Å². The quantitative estimate of drug-likeness (QED) is 0.554. The monoisotopic (exact) mass is 429 g/mol. The lowest BCUT2D eigenvalue weighted by atomic mass is 10.0. The van der Waals surface area contributed by atoms with E-state index in [1.807, 2.05) is 23.1 Å². The molecule has 1 saturated heterocycles. The molecule has 6 nitrogen and oxygen atoms in total. The molecule has 0 bridgehead atoms. The predicted molar refractivity (Wildman–Crippen MR) is 114 cm³/mol. The van der Waals surface area contributed by atoms with E-state index in [1.165, 1.54) is 6.07 Å². The first kappa shape index (κ1) is 21.2. The van der Waals surface area contributed by atoms with Crippen molar-refractivity contribution in [1.29, 1.82) is 0 Å². The Morgan fingerprint density at radius 3 is 2.58 bits per heavy atom. The number of halogens is 2. The van der Waals surface area contributed by atoms with Gasteiger partial charge in [-0.25, -0.2) is 8.78 Å². The first-order chi connectivity index (χ1) is 14.9. The summed E-state index contributed by atoms with van der Waals surface area (Å²) in [5, 5.41) is 4.03. The molecule has 0 spiro atoms. The van der Waals surface area contributed by atoms with Crippen LogP contribution in [0.2, 0.25) is 0 Å². The second-order valence-electron chi connectivity index (χ2n) is 7.53. The second kappa shape index (κ2) is 8.63. The summed E-state index contributed by atoms with van der Waals surface area (Å²) in [5.41, 5.74) is 2.68. The lowest BCUT2D eigenvalue weighted by Gasteiger charge is -2.32. The number of rotatable bonds is 6. The van der Waals surface area contributed by atoms with Gasteiger partial charge in [0.15, 0.2) is 0 Å². The summed E-state index contributed by atoms with van der Waals surface area (Å²) in [7, 11) is 1.58. The van der Waals surface area contributed by atoms with Crippen molar-refractivity contribution in [2.45, 2.75) is 26.2 Å². The summed E-state index contributed by atoms with van der Waals surface area (Å²) in [4.78, 5) is 6.36. The molecule has 4 rings (SSSR count). The van der Waals surface area contributed by atoms with E-state index in [0.29, 0.717) is 48.9 Å². The molecule has 8 heteroatoms. The fourth-order valence-corrected chi connectivity index (χ4v) is 3.69. The van der Waals surface area contributed by atoms with E-state index in [1.54, 1.807) is 19.2 Å². The van der Waals surface area contributed by atoms with Gasteiger partial charge in [0.25, 0.3) is 11.8 Å². The van der Waals surface area contributed by atoms with E-state index >= 15 is 0 Å². The topological polar surface area (TPSA) is 60.6 Å². The highest BCUT2D eigenvalue weighted by atomic mass is 19.3. The smallest absolute Gasteiger partial charge is 0.272 e. The highest BCUT2D eigenvalue weighted by Crippen LogP contribution is 2.38. The van der Waals surface area contributed by atoms with Crippen molar-refractivity contribution in [2.75, 3.05) is 38.3 Å². The molecule has 31 heavy (non-hydrogen) atoms. The van der Waals surface area contributed by atoms with Crippen molar-refractivity contribution in [3.05, 3.63) is 47.5 Å². The molecule has 1 aromatic heterocycles. The van der Waals surface area contributed by atoms with Crippen molar-refractivity contribution < 1.29 is 22.8 Å². The number of anilines is 1. The predicted octanol–water partition coefficient (Wildman–Crippen LogP) is 4.92.